The van der Waals surface area contributed by atoms with Crippen molar-refractivity contribution in [3.63, 3.8) is 0 Å². The predicted molar refractivity (Wildman–Crippen MR) is 50.6 cm³/mol. The minimum atomic E-state index is -1.73. The summed E-state index contributed by atoms with van der Waals surface area (Å²) in [7, 11) is -1.73. The third-order valence-electron chi connectivity index (χ3n) is 1.49. The quantitative estimate of drug-likeness (QED) is 0.527. The molecule has 3 nitrogen and oxygen atoms in total. The van der Waals surface area contributed by atoms with Crippen LogP contribution in [0.3, 0.4) is 0 Å². The van der Waals surface area contributed by atoms with Gasteiger partial charge in [-0.25, -0.2) is 0 Å². The number of hydrogen-bond acceptors (Lipinski definition) is 3. The van der Waals surface area contributed by atoms with Crippen molar-refractivity contribution in [2.75, 3.05) is 0 Å². The van der Waals surface area contributed by atoms with Gasteiger partial charge in [-0.15, -0.1) is 0 Å². The van der Waals surface area contributed by atoms with Crippen LogP contribution in [0.1, 0.15) is 5.56 Å². The van der Waals surface area contributed by atoms with Gasteiger partial charge in [0.25, 0.3) is 0 Å². The second kappa shape index (κ2) is 5.40. The molecule has 1 rings (SSSR count). The van der Waals surface area contributed by atoms with E-state index < -0.39 is 7.32 Å². The first-order valence-electron chi connectivity index (χ1n) is 3.99. The van der Waals surface area contributed by atoms with Gasteiger partial charge in [-0.1, -0.05) is 30.3 Å². The van der Waals surface area contributed by atoms with Crippen LogP contribution in [-0.2, 0) is 11.1 Å². The number of allylic oxidation sites excluding steroid dienone is 1. The second-order valence-corrected chi connectivity index (χ2v) is 2.52. The highest BCUT2D eigenvalue weighted by Crippen LogP contribution is 1.99. The van der Waals surface area contributed by atoms with Crippen molar-refractivity contribution in [2.45, 2.75) is 6.42 Å². The molecule has 0 aliphatic carbocycles. The van der Waals surface area contributed by atoms with Gasteiger partial charge in [-0.05, 0) is 18.1 Å². The third-order valence-corrected chi connectivity index (χ3v) is 1.49. The molecule has 0 saturated carbocycles. The van der Waals surface area contributed by atoms with Crippen LogP contribution in [0, 0.1) is 0 Å². The van der Waals surface area contributed by atoms with E-state index in [9.17, 15) is 0 Å². The summed E-state index contributed by atoms with van der Waals surface area (Å²) in [4.78, 5) is 0. The van der Waals surface area contributed by atoms with Gasteiger partial charge in [0.2, 0.25) is 0 Å². The van der Waals surface area contributed by atoms with Gasteiger partial charge < -0.3 is 14.7 Å². The lowest BCUT2D eigenvalue weighted by Gasteiger charge is -1.96. The Balaban J connectivity index is 2.31. The largest absolute Gasteiger partial charge is 0.707 e. The summed E-state index contributed by atoms with van der Waals surface area (Å²) in [5, 5.41) is 16.7. The van der Waals surface area contributed by atoms with E-state index in [1.807, 2.05) is 30.3 Å². The molecule has 68 valence electrons. The van der Waals surface area contributed by atoms with Crippen LogP contribution in [0.25, 0.3) is 0 Å². The van der Waals surface area contributed by atoms with Crippen LogP contribution in [0.15, 0.2) is 42.7 Å². The highest BCUT2D eigenvalue weighted by atomic mass is 16.6. The fraction of sp³-hybridized carbons (Fsp3) is 0.111. The summed E-state index contributed by atoms with van der Waals surface area (Å²) < 4.78 is 4.39. The van der Waals surface area contributed by atoms with Gasteiger partial charge >= 0.3 is 7.32 Å². The summed E-state index contributed by atoms with van der Waals surface area (Å²) in [6.07, 6.45) is 3.71. The van der Waals surface area contributed by atoms with Crippen molar-refractivity contribution in [1.82, 2.24) is 0 Å². The Morgan fingerprint density at radius 2 is 1.92 bits per heavy atom. The Kier molecular flexibility index (Phi) is 4.08. The number of benzene rings is 1. The highest BCUT2D eigenvalue weighted by molar-refractivity contribution is 6.32. The molecule has 0 saturated heterocycles. The highest BCUT2D eigenvalue weighted by Gasteiger charge is 2.05. The average Bonchev–Trinajstić information content (AvgIpc) is 2.14. The molecule has 0 atom stereocenters. The van der Waals surface area contributed by atoms with E-state index in [0.717, 1.165) is 5.56 Å². The Bertz CT molecular complexity index is 259. The molecule has 1 aromatic carbocycles. The lowest BCUT2D eigenvalue weighted by atomic mass is 10.1. The number of rotatable bonds is 4. The first-order valence-corrected chi connectivity index (χ1v) is 3.99. The molecule has 0 radical (unpaired) electrons. The van der Waals surface area contributed by atoms with E-state index in [-0.39, 0.29) is 0 Å². The predicted octanol–water partition coefficient (Wildman–Crippen LogP) is 0.729. The molecule has 0 unspecified atom stereocenters. The molecule has 0 aliphatic rings. The molecule has 0 spiro atoms. The fourth-order valence-corrected chi connectivity index (χ4v) is 0.924. The lowest BCUT2D eigenvalue weighted by molar-refractivity contribution is 0.257. The smallest absolute Gasteiger partial charge is 0.519 e. The summed E-state index contributed by atoms with van der Waals surface area (Å²) in [6, 6.07) is 9.82. The summed E-state index contributed by atoms with van der Waals surface area (Å²) in [5.41, 5.74) is 1.15. The Hall–Kier alpha value is -1.26. The van der Waals surface area contributed by atoms with Crippen LogP contribution in [0.2, 0.25) is 0 Å². The molecule has 0 bridgehead atoms. The summed E-state index contributed by atoms with van der Waals surface area (Å²) in [6.45, 7) is 0. The van der Waals surface area contributed by atoms with Gasteiger partial charge in [0.15, 0.2) is 0 Å². The fourth-order valence-electron chi connectivity index (χ4n) is 0.924. The molecule has 0 heterocycles. The van der Waals surface area contributed by atoms with Gasteiger partial charge in [-0.3, -0.25) is 0 Å². The zero-order valence-electron chi connectivity index (χ0n) is 7.13. The minimum absolute atomic E-state index is 0.716. The van der Waals surface area contributed by atoms with E-state index in [1.54, 1.807) is 6.08 Å². The van der Waals surface area contributed by atoms with Crippen molar-refractivity contribution in [2.24, 2.45) is 0 Å². The minimum Gasteiger partial charge on any atom is -0.519 e. The van der Waals surface area contributed by atoms with Gasteiger partial charge in [0, 0.05) is 0 Å². The molecule has 0 amide bonds. The van der Waals surface area contributed by atoms with Gasteiger partial charge in [-0.2, -0.15) is 0 Å². The lowest BCUT2D eigenvalue weighted by Crippen LogP contribution is -2.12. The second-order valence-electron chi connectivity index (χ2n) is 2.52. The maximum atomic E-state index is 8.33. The van der Waals surface area contributed by atoms with Crippen molar-refractivity contribution in [3.05, 3.63) is 48.2 Å². The summed E-state index contributed by atoms with van der Waals surface area (Å²) in [5.74, 6) is 0. The summed E-state index contributed by atoms with van der Waals surface area (Å²) >= 11 is 0. The average molecular weight is 178 g/mol. The van der Waals surface area contributed by atoms with Gasteiger partial charge in [0.1, 0.15) is 0 Å². The maximum Gasteiger partial charge on any atom is 0.707 e. The molecule has 0 aromatic heterocycles. The van der Waals surface area contributed by atoms with Crippen LogP contribution in [-0.4, -0.2) is 17.4 Å². The van der Waals surface area contributed by atoms with E-state index in [2.05, 4.69) is 4.65 Å². The van der Waals surface area contributed by atoms with Crippen LogP contribution in [0.4, 0.5) is 0 Å². The molecule has 0 aliphatic heterocycles. The first-order chi connectivity index (χ1) is 6.29. The molecule has 4 heteroatoms. The Morgan fingerprint density at radius 3 is 2.54 bits per heavy atom. The van der Waals surface area contributed by atoms with E-state index in [4.69, 9.17) is 10.0 Å². The van der Waals surface area contributed by atoms with Crippen molar-refractivity contribution in [3.8, 4) is 0 Å². The SMILES string of the molecule is OB(O)O/C=C/Cc1ccccc1. The van der Waals surface area contributed by atoms with Crippen molar-refractivity contribution < 1.29 is 14.7 Å². The monoisotopic (exact) mass is 178 g/mol. The van der Waals surface area contributed by atoms with Crippen LogP contribution in [0.5, 0.6) is 0 Å². The Labute approximate surface area is 77.5 Å². The van der Waals surface area contributed by atoms with Crippen molar-refractivity contribution in [1.29, 1.82) is 0 Å². The van der Waals surface area contributed by atoms with Crippen LogP contribution >= 0.6 is 0 Å². The van der Waals surface area contributed by atoms with E-state index >= 15 is 0 Å². The zero-order valence-corrected chi connectivity index (χ0v) is 7.13. The molecular weight excluding hydrogens is 167 g/mol. The van der Waals surface area contributed by atoms with Crippen LogP contribution < -0.4 is 0 Å². The normalized spacial score (nSPS) is 10.3. The molecular formula is C9H11BO3. The first kappa shape index (κ1) is 9.83. The molecule has 13 heavy (non-hydrogen) atoms. The van der Waals surface area contributed by atoms with Crippen molar-refractivity contribution >= 4 is 7.32 Å². The standard InChI is InChI=1S/C9H11BO3/c11-10(12)13-8-4-7-9-5-2-1-3-6-9/h1-6,8,11-12H,7H2/b8-4+. The molecule has 0 fully saturated rings. The maximum absolute atomic E-state index is 8.33. The molecule has 2 N–H and O–H groups in total. The third kappa shape index (κ3) is 4.35. The van der Waals surface area contributed by atoms with E-state index in [0.29, 0.717) is 6.42 Å². The molecule has 1 aromatic rings. The van der Waals surface area contributed by atoms with Gasteiger partial charge in [0.05, 0.1) is 6.26 Å². The Morgan fingerprint density at radius 1 is 1.23 bits per heavy atom. The zero-order chi connectivity index (χ0) is 9.52. The van der Waals surface area contributed by atoms with E-state index in [1.165, 1.54) is 6.26 Å². The number of hydrogen-bond donors (Lipinski definition) is 2. The topological polar surface area (TPSA) is 49.7 Å².